The molecule has 3 aromatic rings. The Morgan fingerprint density at radius 3 is 2.83 bits per heavy atom. The summed E-state index contributed by atoms with van der Waals surface area (Å²) in [4.78, 5) is 11.0. The zero-order chi connectivity index (χ0) is 16.2. The lowest BCUT2D eigenvalue weighted by Crippen LogP contribution is -2.25. The predicted octanol–water partition coefficient (Wildman–Crippen LogP) is 3.58. The van der Waals surface area contributed by atoms with E-state index >= 15 is 0 Å². The van der Waals surface area contributed by atoms with E-state index in [1.807, 2.05) is 6.07 Å². The van der Waals surface area contributed by atoms with E-state index in [4.69, 9.17) is 0 Å². The van der Waals surface area contributed by atoms with Gasteiger partial charge in [-0.15, -0.1) is 0 Å². The van der Waals surface area contributed by atoms with Gasteiger partial charge < -0.3 is 4.90 Å². The molecular weight excluding hydrogens is 293 g/mol. The van der Waals surface area contributed by atoms with Crippen molar-refractivity contribution in [3.8, 4) is 5.69 Å². The van der Waals surface area contributed by atoms with Crippen molar-refractivity contribution in [2.75, 3.05) is 18.0 Å². The summed E-state index contributed by atoms with van der Waals surface area (Å²) in [6.45, 7) is 6.10. The minimum absolute atomic E-state index is 0.293. The Morgan fingerprint density at radius 1 is 1.22 bits per heavy atom. The van der Waals surface area contributed by atoms with Crippen LogP contribution < -0.4 is 4.90 Å². The average molecular weight is 313 g/mol. The van der Waals surface area contributed by atoms with Gasteiger partial charge in [0, 0.05) is 13.1 Å². The molecule has 0 spiro atoms. The van der Waals surface area contributed by atoms with Gasteiger partial charge in [-0.1, -0.05) is 19.4 Å². The number of aromatic nitrogens is 4. The summed E-state index contributed by atoms with van der Waals surface area (Å²) in [5, 5.41) is 5.27. The Balaban J connectivity index is 2.06. The van der Waals surface area contributed by atoms with Crippen LogP contribution in [0.3, 0.4) is 0 Å². The van der Waals surface area contributed by atoms with Gasteiger partial charge in [0.05, 0.1) is 17.3 Å². The number of nitrogens with zero attached hydrogens (tertiary/aromatic N) is 5. The van der Waals surface area contributed by atoms with Gasteiger partial charge in [-0.3, -0.25) is 0 Å². The Hall–Kier alpha value is -2.50. The quantitative estimate of drug-likeness (QED) is 0.698. The van der Waals surface area contributed by atoms with E-state index in [0.717, 1.165) is 37.1 Å². The number of hydrogen-bond donors (Lipinski definition) is 0. The smallest absolute Gasteiger partial charge is 0.168 e. The van der Waals surface area contributed by atoms with Crippen molar-refractivity contribution in [1.82, 2.24) is 19.7 Å². The Labute approximate surface area is 134 Å². The molecule has 5 nitrogen and oxygen atoms in total. The summed E-state index contributed by atoms with van der Waals surface area (Å²) in [5.41, 5.74) is 1.34. The average Bonchev–Trinajstić information content (AvgIpc) is 3.00. The van der Waals surface area contributed by atoms with Crippen molar-refractivity contribution in [3.05, 3.63) is 42.6 Å². The molecule has 1 aromatic carbocycles. The van der Waals surface area contributed by atoms with Crippen LogP contribution in [0.15, 0.2) is 36.8 Å². The molecule has 0 unspecified atom stereocenters. The third kappa shape index (κ3) is 3.02. The molecule has 0 aliphatic heterocycles. The minimum Gasteiger partial charge on any atom is -0.356 e. The van der Waals surface area contributed by atoms with Gasteiger partial charge in [-0.05, 0) is 31.5 Å². The summed E-state index contributed by atoms with van der Waals surface area (Å²) in [7, 11) is 0. The van der Waals surface area contributed by atoms with Crippen LogP contribution in [-0.2, 0) is 0 Å². The molecule has 3 rings (SSSR count). The Morgan fingerprint density at radius 2 is 2.09 bits per heavy atom. The Kier molecular flexibility index (Phi) is 4.50. The molecule has 0 amide bonds. The predicted molar refractivity (Wildman–Crippen MR) is 89.4 cm³/mol. The maximum absolute atomic E-state index is 13.5. The summed E-state index contributed by atoms with van der Waals surface area (Å²) in [5.74, 6) is 0.590. The first-order chi connectivity index (χ1) is 11.2. The topological polar surface area (TPSA) is 46.8 Å². The molecule has 0 bridgehead atoms. The molecule has 0 N–H and O–H groups in total. The highest BCUT2D eigenvalue weighted by molar-refractivity contribution is 5.87. The van der Waals surface area contributed by atoms with Crippen molar-refractivity contribution < 1.29 is 4.39 Å². The molecule has 0 aliphatic rings. The largest absolute Gasteiger partial charge is 0.356 e. The van der Waals surface area contributed by atoms with E-state index in [-0.39, 0.29) is 5.82 Å². The van der Waals surface area contributed by atoms with E-state index in [9.17, 15) is 4.39 Å². The van der Waals surface area contributed by atoms with Crippen LogP contribution in [-0.4, -0.2) is 32.8 Å². The van der Waals surface area contributed by atoms with Gasteiger partial charge >= 0.3 is 0 Å². The van der Waals surface area contributed by atoms with E-state index < -0.39 is 0 Å². The van der Waals surface area contributed by atoms with Gasteiger partial charge in [0.1, 0.15) is 18.0 Å². The van der Waals surface area contributed by atoms with Crippen molar-refractivity contribution in [3.63, 3.8) is 0 Å². The lowest BCUT2D eigenvalue weighted by Gasteiger charge is -2.21. The first-order valence-electron chi connectivity index (χ1n) is 7.94. The van der Waals surface area contributed by atoms with Crippen LogP contribution >= 0.6 is 0 Å². The summed E-state index contributed by atoms with van der Waals surface area (Å²) in [6.07, 6.45) is 5.54. The summed E-state index contributed by atoms with van der Waals surface area (Å²) < 4.78 is 15.1. The van der Waals surface area contributed by atoms with Crippen LogP contribution in [0.25, 0.3) is 16.7 Å². The highest BCUT2D eigenvalue weighted by atomic mass is 19.1. The fourth-order valence-corrected chi connectivity index (χ4v) is 2.64. The van der Waals surface area contributed by atoms with Gasteiger partial charge in [0.2, 0.25) is 0 Å². The fraction of sp³-hybridized carbons (Fsp3) is 0.353. The molecule has 120 valence electrons. The fourth-order valence-electron chi connectivity index (χ4n) is 2.64. The molecule has 2 aromatic heterocycles. The van der Waals surface area contributed by atoms with E-state index in [0.29, 0.717) is 11.3 Å². The van der Waals surface area contributed by atoms with Crippen molar-refractivity contribution in [1.29, 1.82) is 0 Å². The zero-order valence-corrected chi connectivity index (χ0v) is 13.4. The standard InChI is InChI=1S/C17H20FN5/c1-3-5-9-22(4-2)16-15-11-21-23(17(15)20-12-19-16)14-8-6-7-13(18)10-14/h6-8,10-12H,3-5,9H2,1-2H3. The second-order valence-electron chi connectivity index (χ2n) is 5.40. The van der Waals surface area contributed by atoms with Gasteiger partial charge in [-0.25, -0.2) is 19.0 Å². The zero-order valence-electron chi connectivity index (χ0n) is 13.4. The van der Waals surface area contributed by atoms with E-state index in [1.165, 1.54) is 12.1 Å². The molecular formula is C17H20FN5. The SMILES string of the molecule is CCCCN(CC)c1ncnc2c1cnn2-c1cccc(F)c1. The number of unbranched alkanes of at least 4 members (excludes halogenated alkanes) is 1. The first kappa shape index (κ1) is 15.4. The molecule has 0 saturated heterocycles. The minimum atomic E-state index is -0.293. The molecule has 23 heavy (non-hydrogen) atoms. The molecule has 0 fully saturated rings. The van der Waals surface area contributed by atoms with Crippen LogP contribution in [0, 0.1) is 5.82 Å². The van der Waals surface area contributed by atoms with E-state index in [1.54, 1.807) is 23.3 Å². The van der Waals surface area contributed by atoms with Crippen LogP contribution in [0.2, 0.25) is 0 Å². The third-order valence-electron chi connectivity index (χ3n) is 3.86. The number of fused-ring (bicyclic) bond motifs is 1. The molecule has 6 heteroatoms. The second-order valence-corrected chi connectivity index (χ2v) is 5.40. The molecule has 0 saturated carbocycles. The van der Waals surface area contributed by atoms with Gasteiger partial charge in [0.25, 0.3) is 0 Å². The maximum Gasteiger partial charge on any atom is 0.168 e. The highest BCUT2D eigenvalue weighted by Gasteiger charge is 2.15. The summed E-state index contributed by atoms with van der Waals surface area (Å²) >= 11 is 0. The maximum atomic E-state index is 13.5. The monoisotopic (exact) mass is 313 g/mol. The van der Waals surface area contributed by atoms with Gasteiger partial charge in [0.15, 0.2) is 5.65 Å². The van der Waals surface area contributed by atoms with Gasteiger partial charge in [-0.2, -0.15) is 5.10 Å². The van der Waals surface area contributed by atoms with Crippen molar-refractivity contribution >= 4 is 16.9 Å². The molecule has 0 aliphatic carbocycles. The first-order valence-corrected chi connectivity index (χ1v) is 7.94. The number of rotatable bonds is 6. The second kappa shape index (κ2) is 6.73. The third-order valence-corrected chi connectivity index (χ3v) is 3.86. The van der Waals surface area contributed by atoms with Crippen molar-refractivity contribution in [2.24, 2.45) is 0 Å². The number of benzene rings is 1. The Bertz CT molecular complexity index is 799. The highest BCUT2D eigenvalue weighted by Crippen LogP contribution is 2.25. The van der Waals surface area contributed by atoms with Crippen molar-refractivity contribution in [2.45, 2.75) is 26.7 Å². The summed E-state index contributed by atoms with van der Waals surface area (Å²) in [6, 6.07) is 6.34. The normalized spacial score (nSPS) is 11.1. The lowest BCUT2D eigenvalue weighted by atomic mass is 10.3. The van der Waals surface area contributed by atoms with E-state index in [2.05, 4.69) is 33.8 Å². The molecule has 2 heterocycles. The number of halogens is 1. The number of hydrogen-bond acceptors (Lipinski definition) is 4. The molecule has 0 radical (unpaired) electrons. The van der Waals surface area contributed by atoms with Crippen LogP contribution in [0.4, 0.5) is 10.2 Å². The van der Waals surface area contributed by atoms with Crippen LogP contribution in [0.1, 0.15) is 26.7 Å². The lowest BCUT2D eigenvalue weighted by molar-refractivity contribution is 0.625. The van der Waals surface area contributed by atoms with Crippen LogP contribution in [0.5, 0.6) is 0 Å². The number of anilines is 1. The molecule has 0 atom stereocenters.